The molecule has 3 nitrogen and oxygen atoms in total. The summed E-state index contributed by atoms with van der Waals surface area (Å²) < 4.78 is 0. The normalized spacial score (nSPS) is 16.2. The first-order valence-corrected chi connectivity index (χ1v) is 11.6. The Balaban J connectivity index is 2.34. The van der Waals surface area contributed by atoms with Crippen LogP contribution in [-0.4, -0.2) is 39.2 Å². The highest BCUT2D eigenvalue weighted by Crippen LogP contribution is 2.25. The Hall–Kier alpha value is -1.28. The summed E-state index contributed by atoms with van der Waals surface area (Å²) in [6.07, 6.45) is 0. The lowest BCUT2D eigenvalue weighted by atomic mass is 9.96. The van der Waals surface area contributed by atoms with Crippen LogP contribution in [0.3, 0.4) is 0 Å². The van der Waals surface area contributed by atoms with Crippen LogP contribution in [0, 0.1) is 25.3 Å². The van der Waals surface area contributed by atoms with Crippen molar-refractivity contribution in [1.29, 1.82) is 0 Å². The molecule has 4 heteroatoms. The number of benzene rings is 1. The van der Waals surface area contributed by atoms with Crippen LogP contribution in [0.25, 0.3) is 0 Å². The van der Waals surface area contributed by atoms with E-state index in [-0.39, 0.29) is 0 Å². The van der Waals surface area contributed by atoms with Crippen LogP contribution in [0.1, 0.15) is 22.3 Å². The van der Waals surface area contributed by atoms with Crippen molar-refractivity contribution in [3.05, 3.63) is 28.3 Å². The van der Waals surface area contributed by atoms with E-state index in [0.717, 1.165) is 49.5 Å². The third-order valence-corrected chi connectivity index (χ3v) is 5.04. The number of piperazine rings is 1. The van der Waals surface area contributed by atoms with Gasteiger partial charge in [-0.25, -0.2) is 0 Å². The molecule has 1 aromatic carbocycles. The van der Waals surface area contributed by atoms with E-state index in [4.69, 9.17) is 5.73 Å². The minimum atomic E-state index is -1.38. The molecule has 0 aromatic heterocycles. The van der Waals surface area contributed by atoms with Gasteiger partial charge in [-0.15, -0.1) is 5.54 Å². The number of nitrogen functional groups attached to an aromatic ring is 1. The topological polar surface area (TPSA) is 41.3 Å². The first-order chi connectivity index (χ1) is 10.3. The van der Waals surface area contributed by atoms with Gasteiger partial charge in [-0.3, -0.25) is 4.90 Å². The van der Waals surface area contributed by atoms with E-state index in [2.05, 4.69) is 61.2 Å². The third-order valence-electron chi connectivity index (χ3n) is 4.16. The predicted octanol–water partition coefficient (Wildman–Crippen LogP) is 2.52. The van der Waals surface area contributed by atoms with Crippen molar-refractivity contribution < 1.29 is 0 Å². The monoisotopic (exact) mass is 315 g/mol. The smallest absolute Gasteiger partial charge is 0.129 e. The molecule has 0 spiro atoms. The molecule has 0 bridgehead atoms. The second kappa shape index (κ2) is 6.87. The maximum Gasteiger partial charge on any atom is 0.129 e. The average Bonchev–Trinajstić information content (AvgIpc) is 2.44. The Morgan fingerprint density at radius 2 is 1.82 bits per heavy atom. The molecule has 0 radical (unpaired) electrons. The highest BCUT2D eigenvalue weighted by atomic mass is 28.3. The number of hydrogen-bond acceptors (Lipinski definition) is 3. The molecule has 1 aliphatic heterocycles. The van der Waals surface area contributed by atoms with E-state index in [0.29, 0.717) is 0 Å². The molecular formula is C18H29N3Si. The van der Waals surface area contributed by atoms with Crippen molar-refractivity contribution in [3.63, 3.8) is 0 Å². The Labute approximate surface area is 136 Å². The molecule has 0 atom stereocenters. The SMILES string of the molecule is Cc1c(N)cc(CN2CCNCC2)c(C)c1C#C[Si](C)(C)C. The first-order valence-electron chi connectivity index (χ1n) is 8.13. The van der Waals surface area contributed by atoms with Crippen LogP contribution in [0.2, 0.25) is 19.6 Å². The Morgan fingerprint density at radius 1 is 1.18 bits per heavy atom. The summed E-state index contributed by atoms with van der Waals surface area (Å²) in [4.78, 5) is 2.49. The lowest BCUT2D eigenvalue weighted by Gasteiger charge is -2.28. The number of nitrogens with zero attached hydrogens (tertiary/aromatic N) is 1. The standard InChI is InChI=1S/C18H29N3Si/c1-14-16(13-21-9-7-20-8-10-21)12-18(19)15(2)17(14)6-11-22(3,4)5/h12,20H,7-10,13,19H2,1-5H3. The molecule has 0 amide bonds. The zero-order valence-electron chi connectivity index (χ0n) is 14.6. The molecule has 120 valence electrons. The molecule has 1 saturated heterocycles. The molecule has 1 aliphatic rings. The molecule has 1 heterocycles. The van der Waals surface area contributed by atoms with Crippen LogP contribution >= 0.6 is 0 Å². The molecule has 1 fully saturated rings. The van der Waals surface area contributed by atoms with Gasteiger partial charge in [-0.2, -0.15) is 0 Å². The van der Waals surface area contributed by atoms with E-state index >= 15 is 0 Å². The lowest BCUT2D eigenvalue weighted by molar-refractivity contribution is 0.233. The molecular weight excluding hydrogens is 286 g/mol. The molecule has 1 aromatic rings. The number of nitrogens with one attached hydrogen (secondary N) is 1. The Morgan fingerprint density at radius 3 is 2.41 bits per heavy atom. The molecule has 3 N–H and O–H groups in total. The fraction of sp³-hybridized carbons (Fsp3) is 0.556. The summed E-state index contributed by atoms with van der Waals surface area (Å²) in [6.45, 7) is 16.4. The Bertz CT molecular complexity index is 599. The van der Waals surface area contributed by atoms with Gasteiger partial charge in [0.05, 0.1) is 0 Å². The van der Waals surface area contributed by atoms with E-state index in [9.17, 15) is 0 Å². The molecule has 2 rings (SSSR count). The summed E-state index contributed by atoms with van der Waals surface area (Å²) in [5.41, 5.74) is 15.5. The molecule has 0 unspecified atom stereocenters. The molecule has 0 aliphatic carbocycles. The molecule has 22 heavy (non-hydrogen) atoms. The van der Waals surface area contributed by atoms with E-state index in [1.54, 1.807) is 0 Å². The number of anilines is 1. The third kappa shape index (κ3) is 4.36. The van der Waals surface area contributed by atoms with Gasteiger partial charge >= 0.3 is 0 Å². The van der Waals surface area contributed by atoms with Gasteiger partial charge in [0.1, 0.15) is 8.07 Å². The van der Waals surface area contributed by atoms with Gasteiger partial charge in [0, 0.05) is 44.0 Å². The number of nitrogens with two attached hydrogens (primary N) is 1. The van der Waals surface area contributed by atoms with Crippen molar-refractivity contribution in [2.24, 2.45) is 0 Å². The quantitative estimate of drug-likeness (QED) is 0.500. The van der Waals surface area contributed by atoms with Crippen molar-refractivity contribution in [2.75, 3.05) is 31.9 Å². The zero-order chi connectivity index (χ0) is 16.3. The van der Waals surface area contributed by atoms with Crippen LogP contribution in [-0.2, 0) is 6.54 Å². The van der Waals surface area contributed by atoms with Crippen LogP contribution in [0.15, 0.2) is 6.07 Å². The van der Waals surface area contributed by atoms with Crippen molar-refractivity contribution in [3.8, 4) is 11.5 Å². The minimum absolute atomic E-state index is 0.871. The summed E-state index contributed by atoms with van der Waals surface area (Å²) in [5, 5.41) is 3.40. The molecule has 0 saturated carbocycles. The van der Waals surface area contributed by atoms with Gasteiger partial charge in [0.25, 0.3) is 0 Å². The number of rotatable bonds is 2. The second-order valence-electron chi connectivity index (χ2n) is 7.28. The summed E-state index contributed by atoms with van der Waals surface area (Å²) >= 11 is 0. The van der Waals surface area contributed by atoms with Gasteiger partial charge in [-0.1, -0.05) is 25.6 Å². The fourth-order valence-electron chi connectivity index (χ4n) is 2.70. The largest absolute Gasteiger partial charge is 0.398 e. The van der Waals surface area contributed by atoms with Gasteiger partial charge in [-0.05, 0) is 36.6 Å². The van der Waals surface area contributed by atoms with E-state index in [1.165, 1.54) is 11.1 Å². The van der Waals surface area contributed by atoms with Crippen LogP contribution in [0.4, 0.5) is 5.69 Å². The Kier molecular flexibility index (Phi) is 5.33. The van der Waals surface area contributed by atoms with Crippen molar-refractivity contribution in [1.82, 2.24) is 10.2 Å². The van der Waals surface area contributed by atoms with Gasteiger partial charge in [0.2, 0.25) is 0 Å². The van der Waals surface area contributed by atoms with Crippen molar-refractivity contribution in [2.45, 2.75) is 40.0 Å². The summed E-state index contributed by atoms with van der Waals surface area (Å²) in [7, 11) is -1.38. The highest BCUT2D eigenvalue weighted by molar-refractivity contribution is 6.83. The van der Waals surface area contributed by atoms with Gasteiger partial charge < -0.3 is 11.1 Å². The number of hydrogen-bond donors (Lipinski definition) is 2. The minimum Gasteiger partial charge on any atom is -0.398 e. The van der Waals surface area contributed by atoms with Gasteiger partial charge in [0.15, 0.2) is 0 Å². The fourth-order valence-corrected chi connectivity index (χ4v) is 3.20. The maximum atomic E-state index is 6.25. The summed E-state index contributed by atoms with van der Waals surface area (Å²) in [5.74, 6) is 3.44. The highest BCUT2D eigenvalue weighted by Gasteiger charge is 2.15. The second-order valence-corrected chi connectivity index (χ2v) is 12.0. The van der Waals surface area contributed by atoms with Crippen molar-refractivity contribution >= 4 is 13.8 Å². The lowest BCUT2D eigenvalue weighted by Crippen LogP contribution is -2.43. The first kappa shape index (κ1) is 17.1. The van der Waals surface area contributed by atoms with Crippen LogP contribution < -0.4 is 11.1 Å². The van der Waals surface area contributed by atoms with Crippen LogP contribution in [0.5, 0.6) is 0 Å². The predicted molar refractivity (Wildman–Crippen MR) is 98.7 cm³/mol. The zero-order valence-corrected chi connectivity index (χ0v) is 15.6. The summed E-state index contributed by atoms with van der Waals surface area (Å²) in [6, 6.07) is 2.15. The average molecular weight is 316 g/mol. The van der Waals surface area contributed by atoms with E-state index in [1.807, 2.05) is 0 Å². The van der Waals surface area contributed by atoms with E-state index < -0.39 is 8.07 Å². The maximum absolute atomic E-state index is 6.25.